The van der Waals surface area contributed by atoms with Crippen molar-refractivity contribution in [2.45, 2.75) is 39.7 Å². The summed E-state index contributed by atoms with van der Waals surface area (Å²) in [4.78, 5) is 12.9. The molecule has 31 heavy (non-hydrogen) atoms. The van der Waals surface area contributed by atoms with Gasteiger partial charge in [0.2, 0.25) is 0 Å². The third-order valence-electron chi connectivity index (χ3n) is 6.09. The van der Waals surface area contributed by atoms with E-state index in [0.29, 0.717) is 6.04 Å². The van der Waals surface area contributed by atoms with E-state index in [1.807, 2.05) is 0 Å². The molecule has 5 aromatic rings. The first-order valence-corrected chi connectivity index (χ1v) is 11.6. The molecule has 0 saturated carbocycles. The molecule has 0 unspecified atom stereocenters. The van der Waals surface area contributed by atoms with Gasteiger partial charge < -0.3 is 9.55 Å². The third-order valence-corrected chi connectivity index (χ3v) is 6.78. The van der Waals surface area contributed by atoms with Gasteiger partial charge >= 0.3 is 0 Å². The summed E-state index contributed by atoms with van der Waals surface area (Å²) >= 11 is 3.75. The van der Waals surface area contributed by atoms with Gasteiger partial charge in [-0.3, -0.25) is 0 Å². The molecule has 0 aliphatic carbocycles. The first kappa shape index (κ1) is 20.0. The van der Waals surface area contributed by atoms with Gasteiger partial charge in [-0.25, -0.2) is 9.97 Å². The van der Waals surface area contributed by atoms with Crippen LogP contribution in [-0.2, 0) is 0 Å². The fourth-order valence-corrected chi connectivity index (χ4v) is 5.02. The van der Waals surface area contributed by atoms with Crippen molar-refractivity contribution in [3.63, 3.8) is 0 Å². The van der Waals surface area contributed by atoms with Crippen LogP contribution in [0.4, 0.5) is 0 Å². The molecule has 0 atom stereocenters. The summed E-state index contributed by atoms with van der Waals surface area (Å²) in [6.07, 6.45) is 3.85. The van der Waals surface area contributed by atoms with Gasteiger partial charge in [0, 0.05) is 21.6 Å². The molecule has 2 heterocycles. The van der Waals surface area contributed by atoms with Crippen LogP contribution in [0.5, 0.6) is 0 Å². The predicted molar refractivity (Wildman–Crippen MR) is 132 cm³/mol. The van der Waals surface area contributed by atoms with E-state index in [1.54, 1.807) is 6.33 Å². The van der Waals surface area contributed by atoms with Crippen LogP contribution in [0, 0.1) is 6.92 Å². The van der Waals surface area contributed by atoms with Gasteiger partial charge in [-0.05, 0) is 67.3 Å². The summed E-state index contributed by atoms with van der Waals surface area (Å²) in [5.74, 6) is 1.01. The van der Waals surface area contributed by atoms with E-state index < -0.39 is 0 Å². The monoisotopic (exact) mass is 472 g/mol. The zero-order chi connectivity index (χ0) is 21.5. The molecule has 0 saturated heterocycles. The van der Waals surface area contributed by atoms with Crippen LogP contribution >= 0.6 is 15.9 Å². The smallest absolute Gasteiger partial charge is 0.141 e. The van der Waals surface area contributed by atoms with Crippen LogP contribution in [0.3, 0.4) is 0 Å². The van der Waals surface area contributed by atoms with Crippen LogP contribution in [0.1, 0.15) is 38.3 Å². The minimum Gasteiger partial charge on any atom is -0.345 e. The van der Waals surface area contributed by atoms with Crippen molar-refractivity contribution in [1.29, 1.82) is 0 Å². The number of aromatic amines is 1. The van der Waals surface area contributed by atoms with E-state index in [-0.39, 0.29) is 0 Å². The Labute approximate surface area is 190 Å². The lowest BCUT2D eigenvalue weighted by Gasteiger charge is -2.19. The summed E-state index contributed by atoms with van der Waals surface area (Å²) in [5.41, 5.74) is 8.92. The maximum Gasteiger partial charge on any atom is 0.141 e. The molecule has 1 N–H and O–H groups in total. The molecule has 0 amide bonds. The lowest BCUT2D eigenvalue weighted by Crippen LogP contribution is -2.08. The number of nitrogens with zero attached hydrogens (tertiary/aromatic N) is 3. The summed E-state index contributed by atoms with van der Waals surface area (Å²) in [6, 6.07) is 19.6. The van der Waals surface area contributed by atoms with Crippen LogP contribution < -0.4 is 0 Å². The maximum absolute atomic E-state index is 5.26. The van der Waals surface area contributed by atoms with E-state index in [0.717, 1.165) is 50.8 Å². The minimum absolute atomic E-state index is 0.381. The first-order chi connectivity index (χ1) is 15.1. The molecule has 3 aromatic carbocycles. The Morgan fingerprint density at radius 3 is 2.58 bits per heavy atom. The topological polar surface area (TPSA) is 46.5 Å². The number of aryl methyl sites for hydroxylation is 1. The fraction of sp³-hybridized carbons (Fsp3) is 0.231. The van der Waals surface area contributed by atoms with Crippen LogP contribution in [0.15, 0.2) is 65.4 Å². The highest BCUT2D eigenvalue weighted by molar-refractivity contribution is 9.10. The predicted octanol–water partition coefficient (Wildman–Crippen LogP) is 7.68. The average Bonchev–Trinajstić information content (AvgIpc) is 3.39. The normalized spacial score (nSPS) is 11.8. The van der Waals surface area contributed by atoms with Crippen molar-refractivity contribution < 1.29 is 0 Å². The fourth-order valence-electron chi connectivity index (χ4n) is 4.52. The molecule has 0 aliphatic rings. The van der Waals surface area contributed by atoms with Gasteiger partial charge in [0.05, 0.1) is 28.4 Å². The molecule has 0 fully saturated rings. The molecule has 0 bridgehead atoms. The van der Waals surface area contributed by atoms with Crippen molar-refractivity contribution in [3.05, 3.63) is 71.0 Å². The highest BCUT2D eigenvalue weighted by Crippen LogP contribution is 2.39. The molecule has 4 nitrogen and oxygen atoms in total. The van der Waals surface area contributed by atoms with Gasteiger partial charge in [0.25, 0.3) is 0 Å². The quantitative estimate of drug-likeness (QED) is 0.285. The first-order valence-electron chi connectivity index (χ1n) is 10.8. The molecule has 0 aliphatic heterocycles. The Morgan fingerprint density at radius 2 is 1.81 bits per heavy atom. The highest BCUT2D eigenvalue weighted by Gasteiger charge is 2.22. The number of fused-ring (bicyclic) bond motifs is 2. The summed E-state index contributed by atoms with van der Waals surface area (Å²) in [7, 11) is 0. The standard InChI is InChI=1S/C26H25BrN4/c1-4-18(5-2)31-24-13-16(3)12-20(19-8-6-7-9-21(19)27)25(24)30-26(31)17-10-11-22-23(14-17)29-15-28-22/h6-15,18H,4-5H2,1-3H3,(H,28,29). The van der Waals surface area contributed by atoms with Crippen LogP contribution in [-0.4, -0.2) is 19.5 Å². The number of imidazole rings is 2. The molecule has 0 radical (unpaired) electrons. The van der Waals surface area contributed by atoms with E-state index in [4.69, 9.17) is 4.98 Å². The van der Waals surface area contributed by atoms with Gasteiger partial charge in [-0.1, -0.05) is 48.0 Å². The molecule has 5 heteroatoms. The molecule has 5 rings (SSSR count). The zero-order valence-electron chi connectivity index (χ0n) is 18.0. The Hall–Kier alpha value is -2.92. The third kappa shape index (κ3) is 3.37. The van der Waals surface area contributed by atoms with Gasteiger partial charge in [-0.15, -0.1) is 0 Å². The number of H-pyrrole nitrogens is 1. The maximum atomic E-state index is 5.26. The van der Waals surface area contributed by atoms with Crippen molar-refractivity contribution >= 4 is 38.0 Å². The van der Waals surface area contributed by atoms with Crippen molar-refractivity contribution in [1.82, 2.24) is 19.5 Å². The molecular formula is C26H25BrN4. The number of halogens is 1. The number of rotatable bonds is 5. The Kier molecular flexibility index (Phi) is 5.14. The number of hydrogen-bond acceptors (Lipinski definition) is 2. The highest BCUT2D eigenvalue weighted by atomic mass is 79.9. The second kappa shape index (κ2) is 7.97. The van der Waals surface area contributed by atoms with Gasteiger partial charge in [-0.2, -0.15) is 0 Å². The number of aromatic nitrogens is 4. The number of benzene rings is 3. The minimum atomic E-state index is 0.381. The Morgan fingerprint density at radius 1 is 1.00 bits per heavy atom. The van der Waals surface area contributed by atoms with E-state index in [2.05, 4.69) is 106 Å². The largest absolute Gasteiger partial charge is 0.345 e. The summed E-state index contributed by atoms with van der Waals surface area (Å²) < 4.78 is 3.53. The van der Waals surface area contributed by atoms with Crippen LogP contribution in [0.25, 0.3) is 44.6 Å². The number of hydrogen-bond donors (Lipinski definition) is 1. The second-order valence-electron chi connectivity index (χ2n) is 8.07. The summed E-state index contributed by atoms with van der Waals surface area (Å²) in [6.45, 7) is 6.68. The zero-order valence-corrected chi connectivity index (χ0v) is 19.6. The molecule has 2 aromatic heterocycles. The van der Waals surface area contributed by atoms with Crippen LogP contribution in [0.2, 0.25) is 0 Å². The molecule has 156 valence electrons. The van der Waals surface area contributed by atoms with E-state index in [1.165, 1.54) is 16.6 Å². The SMILES string of the molecule is CCC(CC)n1c(-c2ccc3nc[nH]c3c2)nc2c(-c3ccccc3Br)cc(C)cc21. The van der Waals surface area contributed by atoms with E-state index in [9.17, 15) is 0 Å². The van der Waals surface area contributed by atoms with E-state index >= 15 is 0 Å². The van der Waals surface area contributed by atoms with Gasteiger partial charge in [0.1, 0.15) is 5.82 Å². The average molecular weight is 473 g/mol. The molecular weight excluding hydrogens is 448 g/mol. The van der Waals surface area contributed by atoms with Gasteiger partial charge in [0.15, 0.2) is 0 Å². The molecule has 0 spiro atoms. The summed E-state index contributed by atoms with van der Waals surface area (Å²) in [5, 5.41) is 0. The van der Waals surface area contributed by atoms with Crippen molar-refractivity contribution in [3.8, 4) is 22.5 Å². The lowest BCUT2D eigenvalue weighted by molar-refractivity contribution is 0.487. The van der Waals surface area contributed by atoms with Crippen molar-refractivity contribution in [2.75, 3.05) is 0 Å². The Bertz CT molecular complexity index is 1390. The van der Waals surface area contributed by atoms with Crippen molar-refractivity contribution in [2.24, 2.45) is 0 Å². The number of nitrogens with one attached hydrogen (secondary N) is 1. The Balaban J connectivity index is 1.85. The second-order valence-corrected chi connectivity index (χ2v) is 8.92. The lowest BCUT2D eigenvalue weighted by atomic mass is 10.0.